The molecule has 6 nitrogen and oxygen atoms in total. The van der Waals surface area contributed by atoms with Gasteiger partial charge in [0.1, 0.15) is 0 Å². The van der Waals surface area contributed by atoms with Gasteiger partial charge >= 0.3 is 0 Å². The van der Waals surface area contributed by atoms with Crippen LogP contribution in [0.25, 0.3) is 0 Å². The zero-order chi connectivity index (χ0) is 18.4. The zero-order valence-corrected chi connectivity index (χ0v) is 16.3. The fourth-order valence-corrected chi connectivity index (χ4v) is 4.36. The Hall–Kier alpha value is -1.44. The van der Waals surface area contributed by atoms with E-state index in [1.165, 1.54) is 4.88 Å². The largest absolute Gasteiger partial charge is 0.378 e. The molecule has 0 aromatic carbocycles. The van der Waals surface area contributed by atoms with E-state index >= 15 is 0 Å². The third-order valence-corrected chi connectivity index (χ3v) is 6.32. The van der Waals surface area contributed by atoms with Crippen molar-refractivity contribution in [2.75, 3.05) is 45.9 Å². The first-order valence-electron chi connectivity index (χ1n) is 9.56. The molecule has 3 heterocycles. The van der Waals surface area contributed by atoms with E-state index < -0.39 is 0 Å². The van der Waals surface area contributed by atoms with Gasteiger partial charge in [0.25, 0.3) is 0 Å². The predicted octanol–water partition coefficient (Wildman–Crippen LogP) is 1.37. The van der Waals surface area contributed by atoms with Gasteiger partial charge in [-0.15, -0.1) is 11.3 Å². The molecule has 2 fully saturated rings. The summed E-state index contributed by atoms with van der Waals surface area (Å²) in [5, 5.41) is 5.10. The number of piperidine rings is 1. The molecule has 0 bridgehead atoms. The van der Waals surface area contributed by atoms with Crippen molar-refractivity contribution in [1.82, 2.24) is 15.1 Å². The van der Waals surface area contributed by atoms with Crippen LogP contribution in [0.4, 0.5) is 0 Å². The van der Waals surface area contributed by atoms with E-state index in [9.17, 15) is 9.59 Å². The summed E-state index contributed by atoms with van der Waals surface area (Å²) in [6.45, 7) is 6.96. The van der Waals surface area contributed by atoms with Crippen LogP contribution in [0.2, 0.25) is 0 Å². The summed E-state index contributed by atoms with van der Waals surface area (Å²) in [5.74, 6) is 0.443. The van der Waals surface area contributed by atoms with Crippen molar-refractivity contribution < 1.29 is 14.3 Å². The number of carbonyl (C=O) groups is 2. The van der Waals surface area contributed by atoms with Crippen LogP contribution in [0.3, 0.4) is 0 Å². The Bertz CT molecular complexity index is 579. The van der Waals surface area contributed by atoms with Crippen molar-refractivity contribution >= 4 is 23.2 Å². The summed E-state index contributed by atoms with van der Waals surface area (Å²) in [6, 6.07) is 3.99. The number of morpholine rings is 1. The minimum absolute atomic E-state index is 0.0829. The van der Waals surface area contributed by atoms with Crippen LogP contribution in [-0.4, -0.2) is 73.6 Å². The number of hydrogen-bond acceptors (Lipinski definition) is 5. The van der Waals surface area contributed by atoms with E-state index in [-0.39, 0.29) is 23.8 Å². The quantitative estimate of drug-likeness (QED) is 0.811. The molecule has 7 heteroatoms. The SMILES string of the molecule is CC(C(=O)NCCc1cccs1)N1CCC(C(=O)N2CCOCC2)CC1. The molecule has 2 aliphatic rings. The van der Waals surface area contributed by atoms with Gasteiger partial charge in [0, 0.05) is 30.4 Å². The molecule has 1 atom stereocenters. The molecule has 0 spiro atoms. The molecule has 2 aliphatic heterocycles. The van der Waals surface area contributed by atoms with Crippen LogP contribution in [0.5, 0.6) is 0 Å². The molecule has 1 N–H and O–H groups in total. The van der Waals surface area contributed by atoms with Gasteiger partial charge in [-0.1, -0.05) is 6.07 Å². The Labute approximate surface area is 159 Å². The van der Waals surface area contributed by atoms with Gasteiger partial charge in [-0.2, -0.15) is 0 Å². The van der Waals surface area contributed by atoms with Crippen LogP contribution < -0.4 is 5.32 Å². The first-order valence-corrected chi connectivity index (χ1v) is 10.4. The Morgan fingerprint density at radius 1 is 1.27 bits per heavy atom. The van der Waals surface area contributed by atoms with E-state index in [1.54, 1.807) is 11.3 Å². The van der Waals surface area contributed by atoms with Crippen molar-refractivity contribution in [3.05, 3.63) is 22.4 Å². The number of amides is 2. The molecular weight excluding hydrogens is 350 g/mol. The Morgan fingerprint density at radius 3 is 2.65 bits per heavy atom. The molecule has 1 aromatic rings. The van der Waals surface area contributed by atoms with Crippen LogP contribution in [0, 0.1) is 5.92 Å². The highest BCUT2D eigenvalue weighted by molar-refractivity contribution is 7.09. The van der Waals surface area contributed by atoms with Crippen LogP contribution in [-0.2, 0) is 20.7 Å². The highest BCUT2D eigenvalue weighted by Gasteiger charge is 2.32. The number of ether oxygens (including phenoxy) is 1. The molecule has 2 amide bonds. The van der Waals surface area contributed by atoms with Crippen molar-refractivity contribution in [2.24, 2.45) is 5.92 Å². The van der Waals surface area contributed by atoms with Crippen molar-refractivity contribution in [3.63, 3.8) is 0 Å². The van der Waals surface area contributed by atoms with Crippen molar-refractivity contribution in [1.29, 1.82) is 0 Å². The summed E-state index contributed by atoms with van der Waals surface area (Å²) in [7, 11) is 0. The third-order valence-electron chi connectivity index (χ3n) is 5.38. The van der Waals surface area contributed by atoms with E-state index in [0.29, 0.717) is 32.8 Å². The fourth-order valence-electron chi connectivity index (χ4n) is 3.65. The maximum atomic E-state index is 12.6. The lowest BCUT2D eigenvalue weighted by Gasteiger charge is -2.37. The Kier molecular flexibility index (Phi) is 7.05. The molecule has 3 rings (SSSR count). The van der Waals surface area contributed by atoms with Crippen LogP contribution in [0.1, 0.15) is 24.6 Å². The van der Waals surface area contributed by atoms with Gasteiger partial charge in [-0.05, 0) is 50.7 Å². The van der Waals surface area contributed by atoms with Gasteiger partial charge in [0.15, 0.2) is 0 Å². The number of nitrogens with one attached hydrogen (secondary N) is 1. The smallest absolute Gasteiger partial charge is 0.237 e. The number of thiophene rings is 1. The van der Waals surface area contributed by atoms with E-state index in [0.717, 1.165) is 32.4 Å². The minimum atomic E-state index is -0.141. The number of rotatable bonds is 6. The fraction of sp³-hybridized carbons (Fsp3) is 0.684. The number of nitrogens with zero attached hydrogens (tertiary/aromatic N) is 2. The molecule has 0 radical (unpaired) electrons. The standard InChI is InChI=1S/C19H29N3O3S/c1-15(18(23)20-7-4-17-3-2-14-26-17)21-8-5-16(6-9-21)19(24)22-10-12-25-13-11-22/h2-3,14-16H,4-13H2,1H3,(H,20,23). The summed E-state index contributed by atoms with van der Waals surface area (Å²) in [5.41, 5.74) is 0. The summed E-state index contributed by atoms with van der Waals surface area (Å²) < 4.78 is 5.32. The van der Waals surface area contributed by atoms with Crippen molar-refractivity contribution in [3.8, 4) is 0 Å². The second-order valence-corrected chi connectivity index (χ2v) is 8.08. The number of carbonyl (C=O) groups excluding carboxylic acids is 2. The molecule has 2 saturated heterocycles. The van der Waals surface area contributed by atoms with Crippen LogP contribution in [0.15, 0.2) is 17.5 Å². The van der Waals surface area contributed by atoms with E-state index in [1.807, 2.05) is 17.9 Å². The van der Waals surface area contributed by atoms with E-state index in [4.69, 9.17) is 4.74 Å². The highest BCUT2D eigenvalue weighted by Crippen LogP contribution is 2.22. The molecule has 26 heavy (non-hydrogen) atoms. The first-order chi connectivity index (χ1) is 12.6. The van der Waals surface area contributed by atoms with Crippen molar-refractivity contribution in [2.45, 2.75) is 32.2 Å². The lowest BCUT2D eigenvalue weighted by molar-refractivity contribution is -0.141. The summed E-state index contributed by atoms with van der Waals surface area (Å²) in [6.07, 6.45) is 2.55. The molecule has 1 aromatic heterocycles. The monoisotopic (exact) mass is 379 g/mol. The Balaban J connectivity index is 1.39. The predicted molar refractivity (Wildman–Crippen MR) is 102 cm³/mol. The molecular formula is C19H29N3O3S. The first kappa shape index (κ1) is 19.3. The zero-order valence-electron chi connectivity index (χ0n) is 15.5. The van der Waals surface area contributed by atoms with Gasteiger partial charge in [-0.25, -0.2) is 0 Å². The maximum Gasteiger partial charge on any atom is 0.237 e. The number of likely N-dealkylation sites (tertiary alicyclic amines) is 1. The molecule has 0 saturated carbocycles. The lowest BCUT2D eigenvalue weighted by atomic mass is 9.94. The second kappa shape index (κ2) is 9.48. The summed E-state index contributed by atoms with van der Waals surface area (Å²) >= 11 is 1.72. The minimum Gasteiger partial charge on any atom is -0.378 e. The van der Waals surface area contributed by atoms with E-state index in [2.05, 4.69) is 21.7 Å². The maximum absolute atomic E-state index is 12.6. The lowest BCUT2D eigenvalue weighted by Crippen LogP contribution is -2.51. The average molecular weight is 380 g/mol. The molecule has 144 valence electrons. The summed E-state index contributed by atoms with van der Waals surface area (Å²) in [4.78, 5) is 30.4. The molecule has 1 unspecified atom stereocenters. The number of hydrogen-bond donors (Lipinski definition) is 1. The van der Waals surface area contributed by atoms with Crippen LogP contribution >= 0.6 is 11.3 Å². The highest BCUT2D eigenvalue weighted by atomic mass is 32.1. The van der Waals surface area contributed by atoms with Gasteiger partial charge in [0.2, 0.25) is 11.8 Å². The van der Waals surface area contributed by atoms with Gasteiger partial charge < -0.3 is 15.0 Å². The normalized spacial score (nSPS) is 20.7. The topological polar surface area (TPSA) is 61.9 Å². The molecule has 0 aliphatic carbocycles. The second-order valence-electron chi connectivity index (χ2n) is 7.04. The van der Waals surface area contributed by atoms with Gasteiger partial charge in [-0.3, -0.25) is 14.5 Å². The Morgan fingerprint density at radius 2 is 2.00 bits per heavy atom. The van der Waals surface area contributed by atoms with Gasteiger partial charge in [0.05, 0.1) is 19.3 Å². The average Bonchev–Trinajstić information content (AvgIpc) is 3.21. The third kappa shape index (κ3) is 5.05.